The van der Waals surface area contributed by atoms with E-state index < -0.39 is 0 Å². The summed E-state index contributed by atoms with van der Waals surface area (Å²) in [5, 5.41) is 0. The third-order valence-corrected chi connectivity index (χ3v) is 1.20. The largest absolute Gasteiger partial charge is 0.0950 e. The van der Waals surface area contributed by atoms with Gasteiger partial charge >= 0.3 is 0 Å². The highest BCUT2D eigenvalue weighted by Gasteiger charge is 1.84. The summed E-state index contributed by atoms with van der Waals surface area (Å²) < 4.78 is 0. The summed E-state index contributed by atoms with van der Waals surface area (Å²) in [6.45, 7) is 7.82. The van der Waals surface area contributed by atoms with E-state index in [1.54, 1.807) is 0 Å². The van der Waals surface area contributed by atoms with Crippen LogP contribution in [0, 0.1) is 12.0 Å². The molecule has 0 aromatic carbocycles. The molecule has 0 aliphatic carbocycles. The van der Waals surface area contributed by atoms with Gasteiger partial charge in [-0.15, -0.1) is 0 Å². The Morgan fingerprint density at radius 1 is 1.67 bits per heavy atom. The Hall–Kier alpha value is -0.520. The Labute approximate surface area is 58.3 Å². The molecule has 0 rings (SSSR count). The average Bonchev–Trinajstić information content (AvgIpc) is 1.89. The SMILES string of the molecule is C=[C]C(C)C=CCCC. The van der Waals surface area contributed by atoms with Crippen molar-refractivity contribution in [2.24, 2.45) is 5.92 Å². The fraction of sp³-hybridized carbons (Fsp3) is 0.556. The lowest BCUT2D eigenvalue weighted by atomic mass is 10.1. The molecule has 0 aromatic rings. The summed E-state index contributed by atoms with van der Waals surface area (Å²) in [6, 6.07) is 0. The van der Waals surface area contributed by atoms with Crippen LogP contribution in [0.5, 0.6) is 0 Å². The van der Waals surface area contributed by atoms with E-state index in [9.17, 15) is 0 Å². The van der Waals surface area contributed by atoms with Gasteiger partial charge < -0.3 is 0 Å². The van der Waals surface area contributed by atoms with E-state index in [0.29, 0.717) is 5.92 Å². The van der Waals surface area contributed by atoms with E-state index in [1.807, 2.05) is 0 Å². The van der Waals surface area contributed by atoms with Crippen molar-refractivity contribution >= 4 is 0 Å². The van der Waals surface area contributed by atoms with Gasteiger partial charge in [0.15, 0.2) is 0 Å². The molecule has 0 heteroatoms. The topological polar surface area (TPSA) is 0 Å². The van der Waals surface area contributed by atoms with Crippen molar-refractivity contribution in [2.75, 3.05) is 0 Å². The molecule has 0 aromatic heterocycles. The maximum atomic E-state index is 3.56. The number of hydrogen-bond acceptors (Lipinski definition) is 0. The van der Waals surface area contributed by atoms with Crippen LogP contribution in [-0.4, -0.2) is 0 Å². The minimum Gasteiger partial charge on any atom is -0.0950 e. The lowest BCUT2D eigenvalue weighted by Gasteiger charge is -1.92. The molecule has 0 saturated carbocycles. The van der Waals surface area contributed by atoms with Crippen molar-refractivity contribution in [3.05, 3.63) is 24.8 Å². The standard InChI is InChI=1S/C9H15/c1-4-6-7-8-9(3)5-2/h7-9H,2,4,6H2,1,3H3. The second-order valence-electron chi connectivity index (χ2n) is 2.21. The van der Waals surface area contributed by atoms with Crippen molar-refractivity contribution in [3.8, 4) is 0 Å². The van der Waals surface area contributed by atoms with Gasteiger partial charge in [0.25, 0.3) is 0 Å². The molecule has 0 aliphatic heterocycles. The molecule has 0 fully saturated rings. The predicted molar refractivity (Wildman–Crippen MR) is 42.1 cm³/mol. The van der Waals surface area contributed by atoms with Crippen molar-refractivity contribution in [3.63, 3.8) is 0 Å². The van der Waals surface area contributed by atoms with Crippen LogP contribution in [0.1, 0.15) is 26.7 Å². The van der Waals surface area contributed by atoms with E-state index in [2.05, 4.69) is 38.7 Å². The zero-order valence-electron chi connectivity index (χ0n) is 6.35. The van der Waals surface area contributed by atoms with E-state index in [0.717, 1.165) is 0 Å². The predicted octanol–water partition coefficient (Wildman–Crippen LogP) is 2.97. The second-order valence-corrected chi connectivity index (χ2v) is 2.21. The summed E-state index contributed by atoms with van der Waals surface area (Å²) in [7, 11) is 0. The molecule has 0 saturated heterocycles. The van der Waals surface area contributed by atoms with Crippen LogP contribution < -0.4 is 0 Å². The second kappa shape index (κ2) is 5.61. The lowest BCUT2D eigenvalue weighted by molar-refractivity contribution is 0.886. The Bertz CT molecular complexity index is 90.2. The highest BCUT2D eigenvalue weighted by Crippen LogP contribution is 1.98. The summed E-state index contributed by atoms with van der Waals surface area (Å²) in [6.07, 6.45) is 9.60. The lowest BCUT2D eigenvalue weighted by Crippen LogP contribution is -1.79. The van der Waals surface area contributed by atoms with Crippen molar-refractivity contribution in [2.45, 2.75) is 26.7 Å². The van der Waals surface area contributed by atoms with E-state index >= 15 is 0 Å². The van der Waals surface area contributed by atoms with Crippen molar-refractivity contribution in [1.82, 2.24) is 0 Å². The zero-order valence-corrected chi connectivity index (χ0v) is 6.35. The first-order valence-electron chi connectivity index (χ1n) is 3.50. The zero-order chi connectivity index (χ0) is 7.11. The van der Waals surface area contributed by atoms with Gasteiger partial charge in [-0.1, -0.05) is 39.0 Å². The van der Waals surface area contributed by atoms with Gasteiger partial charge in [-0.05, 0) is 18.4 Å². The first-order valence-corrected chi connectivity index (χ1v) is 3.50. The summed E-state index contributed by atoms with van der Waals surface area (Å²) in [5.74, 6) is 0.413. The molecule has 1 radical (unpaired) electrons. The molecule has 0 bridgehead atoms. The van der Waals surface area contributed by atoms with E-state index in [-0.39, 0.29) is 0 Å². The summed E-state index contributed by atoms with van der Waals surface area (Å²) in [5.41, 5.74) is 0. The van der Waals surface area contributed by atoms with Gasteiger partial charge in [-0.2, -0.15) is 0 Å². The quantitative estimate of drug-likeness (QED) is 0.504. The normalized spacial score (nSPS) is 14.0. The third-order valence-electron chi connectivity index (χ3n) is 1.20. The highest BCUT2D eigenvalue weighted by atomic mass is 13.9. The molecule has 0 aliphatic rings. The molecule has 1 unspecified atom stereocenters. The van der Waals surface area contributed by atoms with E-state index in [1.165, 1.54) is 12.8 Å². The average molecular weight is 123 g/mol. The molecule has 51 valence electrons. The van der Waals surface area contributed by atoms with Gasteiger partial charge in [0.05, 0.1) is 0 Å². The van der Waals surface area contributed by atoms with Crippen LogP contribution in [0.3, 0.4) is 0 Å². The number of hydrogen-bond donors (Lipinski definition) is 0. The minimum absolute atomic E-state index is 0.413. The summed E-state index contributed by atoms with van der Waals surface area (Å²) >= 11 is 0. The molecule has 9 heavy (non-hydrogen) atoms. The van der Waals surface area contributed by atoms with Gasteiger partial charge in [0.2, 0.25) is 0 Å². The Morgan fingerprint density at radius 3 is 2.78 bits per heavy atom. The monoisotopic (exact) mass is 123 g/mol. The Kier molecular flexibility index (Phi) is 5.29. The van der Waals surface area contributed by atoms with Gasteiger partial charge in [0, 0.05) is 0 Å². The van der Waals surface area contributed by atoms with Gasteiger partial charge in [0.1, 0.15) is 0 Å². The van der Waals surface area contributed by atoms with Crippen molar-refractivity contribution < 1.29 is 0 Å². The maximum absolute atomic E-state index is 3.56. The third kappa shape index (κ3) is 5.35. The van der Waals surface area contributed by atoms with Crippen LogP contribution in [0.25, 0.3) is 0 Å². The first kappa shape index (κ1) is 8.48. The fourth-order valence-electron chi connectivity index (χ4n) is 0.535. The molecule has 0 N–H and O–H groups in total. The Balaban J connectivity index is 3.31. The van der Waals surface area contributed by atoms with Crippen LogP contribution in [0.2, 0.25) is 0 Å². The van der Waals surface area contributed by atoms with Gasteiger partial charge in [-0.3, -0.25) is 0 Å². The highest BCUT2D eigenvalue weighted by molar-refractivity contribution is 4.90. The molecule has 0 spiro atoms. The fourth-order valence-corrected chi connectivity index (χ4v) is 0.535. The number of unbranched alkanes of at least 4 members (excludes halogenated alkanes) is 1. The molecular weight excluding hydrogens is 108 g/mol. The van der Waals surface area contributed by atoms with Crippen LogP contribution in [-0.2, 0) is 0 Å². The maximum Gasteiger partial charge on any atom is -0.00136 e. The molecule has 0 heterocycles. The van der Waals surface area contributed by atoms with Crippen molar-refractivity contribution in [1.29, 1.82) is 0 Å². The number of rotatable bonds is 4. The molecule has 1 atom stereocenters. The van der Waals surface area contributed by atoms with Crippen LogP contribution in [0.4, 0.5) is 0 Å². The smallest absolute Gasteiger partial charge is 0.00136 e. The molecule has 0 amide bonds. The molecule has 0 nitrogen and oxygen atoms in total. The summed E-state index contributed by atoms with van der Waals surface area (Å²) in [4.78, 5) is 0. The first-order chi connectivity index (χ1) is 4.31. The van der Waals surface area contributed by atoms with Crippen LogP contribution in [0.15, 0.2) is 18.7 Å². The Morgan fingerprint density at radius 2 is 2.33 bits per heavy atom. The minimum atomic E-state index is 0.413. The van der Waals surface area contributed by atoms with Crippen LogP contribution >= 0.6 is 0 Å². The molecular formula is C9H15. The number of allylic oxidation sites excluding steroid dienone is 3. The van der Waals surface area contributed by atoms with Gasteiger partial charge in [-0.25, -0.2) is 0 Å². The van der Waals surface area contributed by atoms with E-state index in [4.69, 9.17) is 0 Å².